The van der Waals surface area contributed by atoms with Gasteiger partial charge in [-0.05, 0) is 42.8 Å². The van der Waals surface area contributed by atoms with Crippen LogP contribution in [0.15, 0.2) is 53.5 Å². The molecule has 1 heterocycles. The van der Waals surface area contributed by atoms with Gasteiger partial charge in [-0.2, -0.15) is 13.2 Å². The quantitative estimate of drug-likeness (QED) is 0.637. The molecule has 0 aliphatic carbocycles. The molecular formula is C21H20F3N3O3S. The van der Waals surface area contributed by atoms with E-state index in [1.165, 1.54) is 18.2 Å². The lowest BCUT2D eigenvalue weighted by Crippen LogP contribution is -2.28. The predicted molar refractivity (Wildman–Crippen MR) is 114 cm³/mol. The van der Waals surface area contributed by atoms with Crippen LogP contribution in [0, 0.1) is 0 Å². The molecule has 164 valence electrons. The van der Waals surface area contributed by atoms with Crippen molar-refractivity contribution in [2.24, 2.45) is 4.99 Å². The number of carbonyl (C=O) groups excluding carboxylic acids is 2. The number of thioether (sulfide) groups is 1. The number of hydrogen-bond acceptors (Lipinski definition) is 5. The number of amidine groups is 1. The van der Waals surface area contributed by atoms with Crippen molar-refractivity contribution in [1.29, 1.82) is 0 Å². The van der Waals surface area contributed by atoms with E-state index in [0.717, 1.165) is 24.2 Å². The van der Waals surface area contributed by atoms with Gasteiger partial charge in [0.2, 0.25) is 11.8 Å². The Morgan fingerprint density at radius 2 is 1.90 bits per heavy atom. The van der Waals surface area contributed by atoms with E-state index in [9.17, 15) is 22.8 Å². The van der Waals surface area contributed by atoms with Gasteiger partial charge in [-0.25, -0.2) is 4.99 Å². The number of nitrogens with zero attached hydrogens (tertiary/aromatic N) is 1. The monoisotopic (exact) mass is 451 g/mol. The molecule has 6 nitrogen and oxygen atoms in total. The van der Waals surface area contributed by atoms with Crippen molar-refractivity contribution in [2.75, 3.05) is 11.9 Å². The van der Waals surface area contributed by atoms with Crippen molar-refractivity contribution in [1.82, 2.24) is 5.32 Å². The zero-order valence-corrected chi connectivity index (χ0v) is 17.3. The van der Waals surface area contributed by atoms with Crippen LogP contribution < -0.4 is 15.4 Å². The van der Waals surface area contributed by atoms with E-state index in [2.05, 4.69) is 15.6 Å². The highest BCUT2D eigenvalue weighted by Crippen LogP contribution is 2.37. The number of ether oxygens (including phenoxy) is 1. The van der Waals surface area contributed by atoms with Crippen LogP contribution in [0.25, 0.3) is 0 Å². The lowest BCUT2D eigenvalue weighted by Gasteiger charge is -2.09. The normalized spacial score (nSPS) is 17.5. The van der Waals surface area contributed by atoms with E-state index in [4.69, 9.17) is 4.74 Å². The zero-order chi connectivity index (χ0) is 22.4. The van der Waals surface area contributed by atoms with Crippen LogP contribution in [0.2, 0.25) is 0 Å². The number of anilines is 1. The second-order valence-corrected chi connectivity index (χ2v) is 7.84. The summed E-state index contributed by atoms with van der Waals surface area (Å²) in [6.45, 7) is 2.59. The number of rotatable bonds is 7. The summed E-state index contributed by atoms with van der Waals surface area (Å²) in [6, 6.07) is 11.7. The predicted octanol–water partition coefficient (Wildman–Crippen LogP) is 4.74. The minimum Gasteiger partial charge on any atom is -0.494 e. The second kappa shape index (κ2) is 9.86. The molecule has 10 heteroatoms. The fourth-order valence-corrected chi connectivity index (χ4v) is 3.73. The van der Waals surface area contributed by atoms with E-state index in [1.807, 2.05) is 6.92 Å². The summed E-state index contributed by atoms with van der Waals surface area (Å²) in [5.41, 5.74) is -0.650. The molecule has 1 saturated heterocycles. The number of carbonyl (C=O) groups is 2. The molecule has 1 unspecified atom stereocenters. The average Bonchev–Trinajstić information content (AvgIpc) is 3.05. The number of para-hydroxylation sites is 1. The molecule has 0 radical (unpaired) electrons. The van der Waals surface area contributed by atoms with Crippen LogP contribution in [-0.2, 0) is 15.8 Å². The first-order valence-electron chi connectivity index (χ1n) is 9.51. The SMILES string of the molecule is CCCOc1ccc(NC(=O)CC2SC(=Nc3ccccc3C(F)(F)F)NC2=O)cc1. The molecule has 1 fully saturated rings. The molecule has 1 aliphatic heterocycles. The first kappa shape index (κ1) is 22.7. The summed E-state index contributed by atoms with van der Waals surface area (Å²) < 4.78 is 44.8. The Hall–Kier alpha value is -3.01. The molecule has 0 spiro atoms. The van der Waals surface area contributed by atoms with Gasteiger partial charge < -0.3 is 15.4 Å². The molecule has 2 N–H and O–H groups in total. The third-order valence-electron chi connectivity index (χ3n) is 4.19. The van der Waals surface area contributed by atoms with E-state index >= 15 is 0 Å². The number of amides is 2. The van der Waals surface area contributed by atoms with Crippen LogP contribution in [-0.4, -0.2) is 28.8 Å². The highest BCUT2D eigenvalue weighted by atomic mass is 32.2. The number of hydrogen-bond donors (Lipinski definition) is 2. The van der Waals surface area contributed by atoms with Crippen molar-refractivity contribution in [2.45, 2.75) is 31.2 Å². The van der Waals surface area contributed by atoms with Gasteiger partial charge >= 0.3 is 6.18 Å². The van der Waals surface area contributed by atoms with E-state index < -0.39 is 28.8 Å². The third-order valence-corrected chi connectivity index (χ3v) is 5.27. The Balaban J connectivity index is 1.61. The van der Waals surface area contributed by atoms with Crippen LogP contribution >= 0.6 is 11.8 Å². The van der Waals surface area contributed by atoms with Crippen molar-refractivity contribution in [3.8, 4) is 5.75 Å². The summed E-state index contributed by atoms with van der Waals surface area (Å²) in [7, 11) is 0. The molecule has 3 rings (SSSR count). The highest BCUT2D eigenvalue weighted by molar-refractivity contribution is 8.15. The maximum Gasteiger partial charge on any atom is 0.418 e. The molecule has 2 aromatic rings. The van der Waals surface area contributed by atoms with Crippen LogP contribution in [0.1, 0.15) is 25.3 Å². The molecule has 1 atom stereocenters. The second-order valence-electron chi connectivity index (χ2n) is 6.65. The Morgan fingerprint density at radius 1 is 1.19 bits per heavy atom. The largest absolute Gasteiger partial charge is 0.494 e. The van der Waals surface area contributed by atoms with Crippen molar-refractivity contribution in [3.05, 3.63) is 54.1 Å². The fraction of sp³-hybridized carbons (Fsp3) is 0.286. The van der Waals surface area contributed by atoms with Crippen LogP contribution in [0.3, 0.4) is 0 Å². The number of aliphatic imine (C=N–C) groups is 1. The molecule has 2 aromatic carbocycles. The highest BCUT2D eigenvalue weighted by Gasteiger charge is 2.35. The molecule has 0 bridgehead atoms. The topological polar surface area (TPSA) is 79.8 Å². The minimum atomic E-state index is -4.57. The maximum absolute atomic E-state index is 13.1. The molecule has 0 saturated carbocycles. The maximum atomic E-state index is 13.1. The molecule has 1 aliphatic rings. The summed E-state index contributed by atoms with van der Waals surface area (Å²) in [5.74, 6) is -0.191. The summed E-state index contributed by atoms with van der Waals surface area (Å²) >= 11 is 0.925. The van der Waals surface area contributed by atoms with E-state index in [1.54, 1.807) is 24.3 Å². The lowest BCUT2D eigenvalue weighted by atomic mass is 10.2. The first-order valence-corrected chi connectivity index (χ1v) is 10.4. The van der Waals surface area contributed by atoms with E-state index in [-0.39, 0.29) is 17.3 Å². The fourth-order valence-electron chi connectivity index (χ4n) is 2.75. The number of benzene rings is 2. The number of alkyl halides is 3. The van der Waals surface area contributed by atoms with E-state index in [0.29, 0.717) is 18.0 Å². The van der Waals surface area contributed by atoms with Gasteiger partial charge in [-0.1, -0.05) is 30.8 Å². The zero-order valence-electron chi connectivity index (χ0n) is 16.5. The van der Waals surface area contributed by atoms with Gasteiger partial charge in [0.15, 0.2) is 5.17 Å². The Labute approximate surface area is 181 Å². The van der Waals surface area contributed by atoms with Crippen LogP contribution in [0.5, 0.6) is 5.75 Å². The Bertz CT molecular complexity index is 978. The molecule has 2 amide bonds. The number of nitrogens with one attached hydrogen (secondary N) is 2. The van der Waals surface area contributed by atoms with Gasteiger partial charge in [0.25, 0.3) is 0 Å². The van der Waals surface area contributed by atoms with Gasteiger partial charge in [-0.3, -0.25) is 9.59 Å². The first-order chi connectivity index (χ1) is 14.8. The van der Waals surface area contributed by atoms with Gasteiger partial charge in [0, 0.05) is 12.1 Å². The molecule has 0 aromatic heterocycles. The van der Waals surface area contributed by atoms with Crippen LogP contribution in [0.4, 0.5) is 24.5 Å². The number of halogens is 3. The minimum absolute atomic E-state index is 0.0249. The summed E-state index contributed by atoms with van der Waals surface area (Å²) in [4.78, 5) is 28.4. The average molecular weight is 451 g/mol. The van der Waals surface area contributed by atoms with Crippen molar-refractivity contribution < 1.29 is 27.5 Å². The van der Waals surface area contributed by atoms with Gasteiger partial charge in [0.1, 0.15) is 11.0 Å². The van der Waals surface area contributed by atoms with Crippen molar-refractivity contribution in [3.63, 3.8) is 0 Å². The molecule has 31 heavy (non-hydrogen) atoms. The lowest BCUT2D eigenvalue weighted by molar-refractivity contribution is -0.137. The standard InChI is InChI=1S/C21H20F3N3O3S/c1-2-11-30-14-9-7-13(8-10-14)25-18(28)12-17-19(29)27-20(31-17)26-16-6-4-3-5-15(16)21(22,23)24/h3-10,17H,2,11-12H2,1H3,(H,25,28)(H,26,27,29). The Kier molecular flexibility index (Phi) is 7.21. The third kappa shape index (κ3) is 6.24. The molecular weight excluding hydrogens is 431 g/mol. The van der Waals surface area contributed by atoms with Crippen molar-refractivity contribution >= 4 is 40.1 Å². The van der Waals surface area contributed by atoms with Gasteiger partial charge in [-0.15, -0.1) is 0 Å². The smallest absolute Gasteiger partial charge is 0.418 e. The summed E-state index contributed by atoms with van der Waals surface area (Å²) in [6.07, 6.45) is -3.83. The Morgan fingerprint density at radius 3 is 2.58 bits per heavy atom. The summed E-state index contributed by atoms with van der Waals surface area (Å²) in [5, 5.41) is 4.36. The van der Waals surface area contributed by atoms with Gasteiger partial charge in [0.05, 0.1) is 17.9 Å².